The molecule has 0 spiro atoms. The van der Waals surface area contributed by atoms with Crippen molar-refractivity contribution in [2.45, 2.75) is 13.0 Å². The molecule has 1 aliphatic heterocycles. The van der Waals surface area contributed by atoms with Crippen LogP contribution in [0.3, 0.4) is 0 Å². The molecule has 0 atom stereocenters. The molecular weight excluding hydrogens is 243 g/mol. The van der Waals surface area contributed by atoms with E-state index in [1.54, 1.807) is 24.0 Å². The van der Waals surface area contributed by atoms with Gasteiger partial charge in [-0.1, -0.05) is 18.2 Å². The number of fused-ring (bicyclic) bond motifs is 1. The van der Waals surface area contributed by atoms with E-state index in [0.717, 1.165) is 16.6 Å². The van der Waals surface area contributed by atoms with Gasteiger partial charge in [-0.25, -0.2) is 0 Å². The Morgan fingerprint density at radius 2 is 2.37 bits per heavy atom. The summed E-state index contributed by atoms with van der Waals surface area (Å²) in [6.07, 6.45) is 2.02. The van der Waals surface area contributed by atoms with Gasteiger partial charge in [0.1, 0.15) is 5.69 Å². The molecule has 0 fully saturated rings. The Balaban J connectivity index is 1.81. The molecule has 19 heavy (non-hydrogen) atoms. The Kier molecular flexibility index (Phi) is 2.96. The van der Waals surface area contributed by atoms with Crippen molar-refractivity contribution >= 4 is 18.4 Å². The van der Waals surface area contributed by atoms with E-state index in [1.807, 2.05) is 18.2 Å². The third-order valence-corrected chi connectivity index (χ3v) is 3.24. The summed E-state index contributed by atoms with van der Waals surface area (Å²) >= 11 is 0. The number of nitrogens with zero attached hydrogens (tertiary/aromatic N) is 2. The van der Waals surface area contributed by atoms with Crippen LogP contribution >= 0.6 is 0 Å². The predicted octanol–water partition coefficient (Wildman–Crippen LogP) is 0.0632. The SMILES string of the molecule is Cn1ccc(C(=O)Cc2ccc3c(c2)B(O)OC3)n1. The summed E-state index contributed by atoms with van der Waals surface area (Å²) in [6.45, 7) is 0.422. The van der Waals surface area contributed by atoms with Crippen LogP contribution in [-0.4, -0.2) is 27.7 Å². The van der Waals surface area contributed by atoms with Gasteiger partial charge in [-0.3, -0.25) is 9.48 Å². The average Bonchev–Trinajstić information content (AvgIpc) is 2.97. The zero-order valence-corrected chi connectivity index (χ0v) is 10.5. The van der Waals surface area contributed by atoms with Crippen LogP contribution in [0.4, 0.5) is 0 Å². The minimum Gasteiger partial charge on any atom is -0.423 e. The highest BCUT2D eigenvalue weighted by atomic mass is 16.5. The molecule has 0 saturated carbocycles. The summed E-state index contributed by atoms with van der Waals surface area (Å²) in [5, 5.41) is 13.7. The average molecular weight is 256 g/mol. The highest BCUT2D eigenvalue weighted by molar-refractivity contribution is 6.61. The molecule has 1 aliphatic rings. The van der Waals surface area contributed by atoms with Gasteiger partial charge in [-0.15, -0.1) is 0 Å². The molecule has 0 amide bonds. The van der Waals surface area contributed by atoms with E-state index in [2.05, 4.69) is 5.10 Å². The number of hydrogen-bond acceptors (Lipinski definition) is 4. The van der Waals surface area contributed by atoms with Crippen molar-refractivity contribution in [1.29, 1.82) is 0 Å². The number of benzene rings is 1. The molecule has 0 bridgehead atoms. The van der Waals surface area contributed by atoms with Gasteiger partial charge in [0, 0.05) is 19.7 Å². The van der Waals surface area contributed by atoms with Crippen LogP contribution < -0.4 is 5.46 Å². The molecule has 6 heteroatoms. The van der Waals surface area contributed by atoms with E-state index >= 15 is 0 Å². The van der Waals surface area contributed by atoms with Crippen molar-refractivity contribution in [3.05, 3.63) is 47.3 Å². The Morgan fingerprint density at radius 3 is 3.11 bits per heavy atom. The molecule has 2 heterocycles. The Hall–Kier alpha value is -1.92. The van der Waals surface area contributed by atoms with Gasteiger partial charge in [0.05, 0.1) is 6.61 Å². The van der Waals surface area contributed by atoms with Crippen LogP contribution in [0.25, 0.3) is 0 Å². The summed E-state index contributed by atoms with van der Waals surface area (Å²) in [5.41, 5.74) is 3.05. The fraction of sp³-hybridized carbons (Fsp3) is 0.231. The summed E-state index contributed by atoms with van der Waals surface area (Å²) in [5.74, 6) is -0.0334. The second kappa shape index (κ2) is 4.64. The van der Waals surface area contributed by atoms with Crippen molar-refractivity contribution in [2.75, 3.05) is 0 Å². The van der Waals surface area contributed by atoms with Gasteiger partial charge >= 0.3 is 7.12 Å². The van der Waals surface area contributed by atoms with Crippen LogP contribution in [0.5, 0.6) is 0 Å². The molecule has 2 aromatic rings. The normalized spacial score (nSPS) is 13.7. The van der Waals surface area contributed by atoms with Crippen molar-refractivity contribution in [2.24, 2.45) is 7.05 Å². The molecule has 96 valence electrons. The monoisotopic (exact) mass is 256 g/mol. The first-order valence-electron chi connectivity index (χ1n) is 6.08. The second-order valence-corrected chi connectivity index (χ2v) is 4.67. The van der Waals surface area contributed by atoms with Gasteiger partial charge < -0.3 is 9.68 Å². The molecule has 0 radical (unpaired) electrons. The molecule has 1 aromatic carbocycles. The van der Waals surface area contributed by atoms with E-state index in [-0.39, 0.29) is 12.2 Å². The minimum atomic E-state index is -0.875. The lowest BCUT2D eigenvalue weighted by atomic mass is 9.78. The Morgan fingerprint density at radius 1 is 1.53 bits per heavy atom. The van der Waals surface area contributed by atoms with Gasteiger partial charge in [-0.05, 0) is 22.7 Å². The molecule has 1 N–H and O–H groups in total. The largest absolute Gasteiger partial charge is 0.491 e. The highest BCUT2D eigenvalue weighted by Gasteiger charge is 2.27. The minimum absolute atomic E-state index is 0.0334. The van der Waals surface area contributed by atoms with E-state index < -0.39 is 7.12 Å². The first-order chi connectivity index (χ1) is 9.13. The van der Waals surface area contributed by atoms with Crippen LogP contribution in [0.15, 0.2) is 30.5 Å². The third-order valence-electron chi connectivity index (χ3n) is 3.24. The van der Waals surface area contributed by atoms with Gasteiger partial charge in [0.25, 0.3) is 0 Å². The fourth-order valence-corrected chi connectivity index (χ4v) is 2.21. The maximum absolute atomic E-state index is 12.0. The molecule has 5 nitrogen and oxygen atoms in total. The lowest BCUT2D eigenvalue weighted by molar-refractivity contribution is 0.0987. The quantitative estimate of drug-likeness (QED) is 0.623. The first kappa shape index (κ1) is 12.1. The number of hydrogen-bond donors (Lipinski definition) is 1. The van der Waals surface area contributed by atoms with E-state index in [1.165, 1.54) is 0 Å². The number of carbonyl (C=O) groups is 1. The van der Waals surface area contributed by atoms with Crippen molar-refractivity contribution in [3.63, 3.8) is 0 Å². The van der Waals surface area contributed by atoms with Crippen molar-refractivity contribution in [1.82, 2.24) is 9.78 Å². The Bertz CT molecular complexity index is 639. The number of carbonyl (C=O) groups excluding carboxylic acids is 1. The number of Topliss-reactive ketones (excluding diaryl/α,β-unsaturated/α-hetero) is 1. The van der Waals surface area contributed by atoms with Crippen LogP contribution in [0, 0.1) is 0 Å². The smallest absolute Gasteiger partial charge is 0.423 e. The van der Waals surface area contributed by atoms with E-state index in [9.17, 15) is 9.82 Å². The zero-order valence-electron chi connectivity index (χ0n) is 10.5. The van der Waals surface area contributed by atoms with Crippen LogP contribution in [-0.2, 0) is 24.7 Å². The number of aryl methyl sites for hydroxylation is 1. The lowest BCUT2D eigenvalue weighted by Gasteiger charge is -2.03. The molecule has 0 unspecified atom stereocenters. The Labute approximate surface area is 111 Å². The molecular formula is C13H13BN2O3. The van der Waals surface area contributed by atoms with E-state index in [0.29, 0.717) is 12.3 Å². The number of rotatable bonds is 3. The van der Waals surface area contributed by atoms with Crippen LogP contribution in [0.1, 0.15) is 21.6 Å². The fourth-order valence-electron chi connectivity index (χ4n) is 2.21. The maximum Gasteiger partial charge on any atom is 0.491 e. The first-order valence-corrected chi connectivity index (χ1v) is 6.08. The van der Waals surface area contributed by atoms with E-state index in [4.69, 9.17) is 4.65 Å². The summed E-state index contributed by atoms with van der Waals surface area (Å²) in [7, 11) is 0.903. The summed E-state index contributed by atoms with van der Waals surface area (Å²) in [4.78, 5) is 12.0. The standard InChI is InChI=1S/C13H13BN2O3/c1-16-5-4-12(15-16)13(17)7-9-2-3-10-8-19-14(18)11(10)6-9/h2-6,18H,7-8H2,1H3. The predicted molar refractivity (Wildman–Crippen MR) is 70.1 cm³/mol. The molecule has 3 rings (SSSR count). The number of ketones is 1. The summed E-state index contributed by atoms with van der Waals surface area (Å²) in [6, 6.07) is 7.31. The third kappa shape index (κ3) is 2.32. The molecule has 0 aliphatic carbocycles. The van der Waals surface area contributed by atoms with Crippen molar-refractivity contribution in [3.8, 4) is 0 Å². The van der Waals surface area contributed by atoms with Gasteiger partial charge in [0.15, 0.2) is 5.78 Å². The molecule has 0 saturated heterocycles. The zero-order chi connectivity index (χ0) is 13.4. The van der Waals surface area contributed by atoms with Crippen molar-refractivity contribution < 1.29 is 14.5 Å². The maximum atomic E-state index is 12.0. The van der Waals surface area contributed by atoms with Crippen LogP contribution in [0.2, 0.25) is 0 Å². The van der Waals surface area contributed by atoms with Gasteiger partial charge in [0.2, 0.25) is 0 Å². The summed E-state index contributed by atoms with van der Waals surface area (Å²) < 4.78 is 6.73. The second-order valence-electron chi connectivity index (χ2n) is 4.67. The molecule has 1 aromatic heterocycles. The topological polar surface area (TPSA) is 64.4 Å². The van der Waals surface area contributed by atoms with Gasteiger partial charge in [-0.2, -0.15) is 5.10 Å². The highest BCUT2D eigenvalue weighted by Crippen LogP contribution is 2.13. The lowest BCUT2D eigenvalue weighted by Crippen LogP contribution is -2.28. The number of aromatic nitrogens is 2.